The first-order valence-electron chi connectivity index (χ1n) is 4.75. The molecule has 0 aromatic carbocycles. The molecular weight excluding hydrogens is 200 g/mol. The smallest absolute Gasteiger partial charge is 0.229 e. The van der Waals surface area contributed by atoms with Crippen molar-refractivity contribution in [2.75, 3.05) is 13.2 Å². The van der Waals surface area contributed by atoms with Gasteiger partial charge in [-0.2, -0.15) is 0 Å². The minimum Gasteiger partial charge on any atom is -0.457 e. The summed E-state index contributed by atoms with van der Waals surface area (Å²) in [5.74, 6) is 0. The second-order valence-corrected chi connectivity index (χ2v) is 5.90. The zero-order chi connectivity index (χ0) is 9.94. The molecule has 13 heavy (non-hydrogen) atoms. The first-order valence-corrected chi connectivity index (χ1v) is 6.98. The molecule has 0 aliphatic heterocycles. The van der Waals surface area contributed by atoms with E-state index >= 15 is 0 Å². The Morgan fingerprint density at radius 3 is 1.69 bits per heavy atom. The predicted molar refractivity (Wildman–Crippen MR) is 54.8 cm³/mol. The molecule has 4 radical (unpaired) electrons. The number of aliphatic hydroxyl groups is 2. The molecule has 3 nitrogen and oxygen atoms in total. The summed E-state index contributed by atoms with van der Waals surface area (Å²) in [5, 5.41) is 17.2. The summed E-state index contributed by atoms with van der Waals surface area (Å²) >= 11 is 0. The van der Waals surface area contributed by atoms with Crippen LogP contribution in [0.2, 0.25) is 12.1 Å². The summed E-state index contributed by atoms with van der Waals surface area (Å²) in [6.45, 7) is 0.543. The molecule has 0 aliphatic carbocycles. The van der Waals surface area contributed by atoms with Crippen LogP contribution in [-0.4, -0.2) is 43.0 Å². The molecule has 0 aromatic heterocycles. The predicted octanol–water partition coefficient (Wildman–Crippen LogP) is 0.623. The molecule has 0 aliphatic rings. The summed E-state index contributed by atoms with van der Waals surface area (Å²) in [6, 6.07) is 2.14. The van der Waals surface area contributed by atoms with Crippen molar-refractivity contribution in [1.82, 2.24) is 0 Å². The Morgan fingerprint density at radius 2 is 1.38 bits per heavy atom. The van der Waals surface area contributed by atoms with Crippen LogP contribution >= 0.6 is 0 Å². The van der Waals surface area contributed by atoms with Gasteiger partial charge >= 0.3 is 0 Å². The summed E-state index contributed by atoms with van der Waals surface area (Å²) in [5.41, 5.74) is 0. The van der Waals surface area contributed by atoms with Crippen LogP contribution in [0, 0.1) is 0 Å². The van der Waals surface area contributed by atoms with Crippen molar-refractivity contribution >= 4 is 19.5 Å². The van der Waals surface area contributed by atoms with E-state index in [9.17, 15) is 0 Å². The molecule has 0 atom stereocenters. The van der Waals surface area contributed by atoms with Crippen LogP contribution in [0.5, 0.6) is 0 Å². The van der Waals surface area contributed by atoms with Gasteiger partial charge in [0.1, 0.15) is 0 Å². The Kier molecular flexibility index (Phi) is 10.6. The summed E-state index contributed by atoms with van der Waals surface area (Å²) < 4.78 is 5.19. The van der Waals surface area contributed by atoms with Gasteiger partial charge in [-0.15, -0.1) is 0 Å². The average molecular weight is 218 g/mol. The van der Waals surface area contributed by atoms with Crippen LogP contribution in [0.1, 0.15) is 25.7 Å². The van der Waals surface area contributed by atoms with E-state index in [2.05, 4.69) is 10.5 Å². The van der Waals surface area contributed by atoms with Gasteiger partial charge < -0.3 is 14.3 Å². The minimum absolute atomic E-state index is 0.271. The largest absolute Gasteiger partial charge is 0.457 e. The number of aliphatic hydroxyl groups excluding tert-OH is 2. The quantitative estimate of drug-likeness (QED) is 0.441. The zero-order valence-corrected chi connectivity index (χ0v) is 9.96. The topological polar surface area (TPSA) is 49.7 Å². The highest BCUT2D eigenvalue weighted by atomic mass is 28.3. The number of rotatable bonds is 9. The molecule has 0 bridgehead atoms. The van der Waals surface area contributed by atoms with Crippen molar-refractivity contribution in [2.45, 2.75) is 37.8 Å². The Hall–Kier alpha value is 0.314. The number of unbranched alkanes of at least 4 members (excludes halogenated alkanes) is 2. The lowest BCUT2D eigenvalue weighted by Crippen LogP contribution is -2.16. The maximum absolute atomic E-state index is 8.59. The molecule has 0 aromatic rings. The molecule has 2 N–H and O–H groups in total. The lowest BCUT2D eigenvalue weighted by molar-refractivity contribution is 0.285. The molecule has 0 amide bonds. The highest BCUT2D eigenvalue weighted by Crippen LogP contribution is 2.09. The van der Waals surface area contributed by atoms with Gasteiger partial charge in [0.05, 0.1) is 0 Å². The lowest BCUT2D eigenvalue weighted by atomic mass is 10.4. The van der Waals surface area contributed by atoms with Crippen LogP contribution < -0.4 is 0 Å². The van der Waals surface area contributed by atoms with Crippen molar-refractivity contribution in [2.24, 2.45) is 0 Å². The Balaban J connectivity index is 3.28. The second-order valence-electron chi connectivity index (χ2n) is 3.00. The van der Waals surface area contributed by atoms with Gasteiger partial charge in [0, 0.05) is 13.2 Å². The highest BCUT2D eigenvalue weighted by molar-refractivity contribution is 6.55. The molecule has 0 fully saturated rings. The van der Waals surface area contributed by atoms with E-state index in [4.69, 9.17) is 14.3 Å². The van der Waals surface area contributed by atoms with Gasteiger partial charge in [-0.25, -0.2) is 0 Å². The Labute approximate surface area is 85.4 Å². The van der Waals surface area contributed by atoms with Crippen LogP contribution in [0.25, 0.3) is 0 Å². The fourth-order valence-corrected chi connectivity index (χ4v) is 3.45. The molecule has 0 spiro atoms. The van der Waals surface area contributed by atoms with Gasteiger partial charge in [0.15, 0.2) is 9.04 Å². The Bertz CT molecular complexity index is 93.4. The van der Waals surface area contributed by atoms with E-state index in [1.54, 1.807) is 0 Å². The summed E-state index contributed by atoms with van der Waals surface area (Å²) in [4.78, 5) is 0. The SMILES string of the molecule is OCCCC[Si](CCCCO)O[Si]. The summed E-state index contributed by atoms with van der Waals surface area (Å²) in [7, 11) is 2.35. The Morgan fingerprint density at radius 1 is 0.923 bits per heavy atom. The van der Waals surface area contributed by atoms with E-state index in [1.807, 2.05) is 0 Å². The fraction of sp³-hybridized carbons (Fsp3) is 1.00. The van der Waals surface area contributed by atoms with Gasteiger partial charge in [-0.1, -0.05) is 12.8 Å². The van der Waals surface area contributed by atoms with E-state index in [1.165, 1.54) is 0 Å². The van der Waals surface area contributed by atoms with E-state index in [0.717, 1.165) is 37.8 Å². The van der Waals surface area contributed by atoms with Crippen LogP contribution in [0.3, 0.4) is 0 Å². The maximum atomic E-state index is 8.59. The van der Waals surface area contributed by atoms with Crippen LogP contribution in [0.15, 0.2) is 0 Å². The maximum Gasteiger partial charge on any atom is 0.229 e. The molecule has 5 heteroatoms. The van der Waals surface area contributed by atoms with Crippen molar-refractivity contribution in [3.8, 4) is 0 Å². The monoisotopic (exact) mass is 218 g/mol. The molecule has 76 valence electrons. The van der Waals surface area contributed by atoms with Gasteiger partial charge in [0.2, 0.25) is 10.5 Å². The van der Waals surface area contributed by atoms with Crippen molar-refractivity contribution in [1.29, 1.82) is 0 Å². The van der Waals surface area contributed by atoms with E-state index < -0.39 is 9.04 Å². The van der Waals surface area contributed by atoms with E-state index in [-0.39, 0.29) is 13.2 Å². The highest BCUT2D eigenvalue weighted by Gasteiger charge is 2.09. The fourth-order valence-electron chi connectivity index (χ4n) is 1.10. The second kappa shape index (κ2) is 10.4. The minimum atomic E-state index is -0.738. The molecule has 0 saturated carbocycles. The molecule has 0 saturated heterocycles. The third-order valence-electron chi connectivity index (χ3n) is 1.87. The zero-order valence-electron chi connectivity index (χ0n) is 7.96. The van der Waals surface area contributed by atoms with Crippen LogP contribution in [-0.2, 0) is 4.12 Å². The molecular formula is C8H18O3Si2. The number of hydrogen-bond acceptors (Lipinski definition) is 3. The van der Waals surface area contributed by atoms with Crippen molar-refractivity contribution in [3.05, 3.63) is 0 Å². The molecule has 0 heterocycles. The normalized spacial score (nSPS) is 11.1. The third-order valence-corrected chi connectivity index (χ3v) is 4.85. The molecule has 0 rings (SSSR count). The van der Waals surface area contributed by atoms with Crippen molar-refractivity contribution < 1.29 is 14.3 Å². The molecule has 0 unspecified atom stereocenters. The lowest BCUT2D eigenvalue weighted by Gasteiger charge is -2.11. The van der Waals surface area contributed by atoms with Gasteiger partial charge in [-0.05, 0) is 24.9 Å². The average Bonchev–Trinajstić information content (AvgIpc) is 2.16. The van der Waals surface area contributed by atoms with Gasteiger partial charge in [-0.3, -0.25) is 0 Å². The first kappa shape index (κ1) is 13.3. The van der Waals surface area contributed by atoms with Crippen molar-refractivity contribution in [3.63, 3.8) is 0 Å². The van der Waals surface area contributed by atoms with E-state index in [0.29, 0.717) is 0 Å². The third kappa shape index (κ3) is 8.64. The summed E-state index contributed by atoms with van der Waals surface area (Å²) in [6.07, 6.45) is 3.80. The van der Waals surface area contributed by atoms with Crippen LogP contribution in [0.4, 0.5) is 0 Å². The standard InChI is InChI=1S/C8H18O3Si2/c9-5-1-3-7-13(11-12)8-4-2-6-10/h9-10H,1-8H2. The number of hydrogen-bond donors (Lipinski definition) is 2. The first-order chi connectivity index (χ1) is 6.35. The van der Waals surface area contributed by atoms with Gasteiger partial charge in [0.25, 0.3) is 0 Å².